The lowest BCUT2D eigenvalue weighted by Crippen LogP contribution is -2.12. The van der Waals surface area contributed by atoms with Gasteiger partial charge in [0.15, 0.2) is 0 Å². The number of ether oxygens (including phenoxy) is 3. The van der Waals surface area contributed by atoms with E-state index in [2.05, 4.69) is 59.7 Å². The topological polar surface area (TPSA) is 27.7 Å². The third-order valence-electron chi connectivity index (χ3n) is 4.02. The molecule has 0 aliphatic heterocycles. The average molecular weight is 351 g/mol. The van der Waals surface area contributed by atoms with E-state index < -0.39 is 0 Å². The van der Waals surface area contributed by atoms with Crippen LogP contribution in [0.1, 0.15) is 66.4 Å². The van der Waals surface area contributed by atoms with Crippen molar-refractivity contribution in [1.29, 1.82) is 0 Å². The Hall–Kier alpha value is -1.06. The zero-order chi connectivity index (χ0) is 18.8. The monoisotopic (exact) mass is 350 g/mol. The summed E-state index contributed by atoms with van der Waals surface area (Å²) >= 11 is 0. The second-order valence-corrected chi connectivity index (χ2v) is 8.87. The van der Waals surface area contributed by atoms with Gasteiger partial charge in [0, 0.05) is 13.2 Å². The Labute approximate surface area is 155 Å². The Morgan fingerprint density at radius 3 is 2.04 bits per heavy atom. The maximum Gasteiger partial charge on any atom is 0.119 e. The van der Waals surface area contributed by atoms with Gasteiger partial charge in [0.25, 0.3) is 0 Å². The van der Waals surface area contributed by atoms with E-state index in [1.807, 2.05) is 6.07 Å². The highest BCUT2D eigenvalue weighted by Gasteiger charge is 2.13. The van der Waals surface area contributed by atoms with Gasteiger partial charge in [0.05, 0.1) is 19.8 Å². The predicted octanol–water partition coefficient (Wildman–Crippen LogP) is 5.61. The van der Waals surface area contributed by atoms with Crippen LogP contribution in [0.25, 0.3) is 0 Å². The zero-order valence-corrected chi connectivity index (χ0v) is 17.2. The van der Waals surface area contributed by atoms with Crippen molar-refractivity contribution in [2.75, 3.05) is 33.0 Å². The molecule has 1 aromatic carbocycles. The van der Waals surface area contributed by atoms with Gasteiger partial charge < -0.3 is 14.2 Å². The SMILES string of the molecule is CC(C)(C)CCOCCOCCCCOc1cccc(C(C)(C)C)c1. The first-order valence-electron chi connectivity index (χ1n) is 9.57. The second-order valence-electron chi connectivity index (χ2n) is 8.87. The molecule has 0 aromatic heterocycles. The Morgan fingerprint density at radius 1 is 0.760 bits per heavy atom. The minimum atomic E-state index is 0.155. The van der Waals surface area contributed by atoms with E-state index in [9.17, 15) is 0 Å². The molecule has 0 aliphatic carbocycles. The molecule has 0 spiro atoms. The van der Waals surface area contributed by atoms with Crippen LogP contribution in [0.4, 0.5) is 0 Å². The molecule has 3 nitrogen and oxygen atoms in total. The number of hydrogen-bond acceptors (Lipinski definition) is 3. The van der Waals surface area contributed by atoms with Gasteiger partial charge in [-0.25, -0.2) is 0 Å². The summed E-state index contributed by atoms with van der Waals surface area (Å²) in [6.45, 7) is 17.0. The molecule has 0 amide bonds. The van der Waals surface area contributed by atoms with Crippen LogP contribution in [-0.2, 0) is 14.9 Å². The molecule has 1 rings (SSSR count). The minimum Gasteiger partial charge on any atom is -0.494 e. The van der Waals surface area contributed by atoms with Crippen molar-refractivity contribution in [3.8, 4) is 5.75 Å². The summed E-state index contributed by atoms with van der Waals surface area (Å²) in [5, 5.41) is 0. The van der Waals surface area contributed by atoms with Crippen LogP contribution in [0.5, 0.6) is 5.75 Å². The highest BCUT2D eigenvalue weighted by atomic mass is 16.5. The molecule has 0 heterocycles. The van der Waals surface area contributed by atoms with E-state index in [0.29, 0.717) is 18.6 Å². The molecular weight excluding hydrogens is 312 g/mol. The van der Waals surface area contributed by atoms with Crippen LogP contribution < -0.4 is 4.74 Å². The molecule has 0 saturated carbocycles. The maximum absolute atomic E-state index is 5.85. The second kappa shape index (κ2) is 10.8. The fourth-order valence-electron chi connectivity index (χ4n) is 2.25. The van der Waals surface area contributed by atoms with Gasteiger partial charge in [-0.3, -0.25) is 0 Å². The lowest BCUT2D eigenvalue weighted by atomic mass is 9.87. The number of hydrogen-bond donors (Lipinski definition) is 0. The quantitative estimate of drug-likeness (QED) is 0.485. The molecule has 0 radical (unpaired) electrons. The van der Waals surface area contributed by atoms with E-state index in [1.165, 1.54) is 5.56 Å². The Balaban J connectivity index is 2.01. The molecule has 0 fully saturated rings. The first kappa shape index (κ1) is 22.0. The number of benzene rings is 1. The van der Waals surface area contributed by atoms with Crippen LogP contribution >= 0.6 is 0 Å². The standard InChI is InChI=1S/C22H38O3/c1-21(2,3)12-15-24-17-16-23-13-7-8-14-25-20-11-9-10-19(18-20)22(4,5)6/h9-11,18H,7-8,12-17H2,1-6H3. The first-order valence-corrected chi connectivity index (χ1v) is 9.57. The average Bonchev–Trinajstić information content (AvgIpc) is 2.51. The minimum absolute atomic E-state index is 0.155. The Kier molecular flexibility index (Phi) is 9.52. The van der Waals surface area contributed by atoms with E-state index >= 15 is 0 Å². The lowest BCUT2D eigenvalue weighted by Gasteiger charge is -2.19. The first-order chi connectivity index (χ1) is 11.7. The summed E-state index contributed by atoms with van der Waals surface area (Å²) in [6.07, 6.45) is 3.10. The Morgan fingerprint density at radius 2 is 1.40 bits per heavy atom. The maximum atomic E-state index is 5.85. The van der Waals surface area contributed by atoms with Gasteiger partial charge >= 0.3 is 0 Å². The number of rotatable bonds is 11. The van der Waals surface area contributed by atoms with Gasteiger partial charge in [-0.05, 0) is 47.8 Å². The van der Waals surface area contributed by atoms with Gasteiger partial charge in [-0.1, -0.05) is 53.7 Å². The Bertz CT molecular complexity index is 469. The molecule has 0 aliphatic rings. The van der Waals surface area contributed by atoms with E-state index in [0.717, 1.165) is 44.8 Å². The van der Waals surface area contributed by atoms with Gasteiger partial charge in [-0.15, -0.1) is 0 Å². The molecule has 0 N–H and O–H groups in total. The highest BCUT2D eigenvalue weighted by molar-refractivity contribution is 5.32. The third-order valence-corrected chi connectivity index (χ3v) is 4.02. The van der Waals surface area contributed by atoms with E-state index in [-0.39, 0.29) is 5.41 Å². The van der Waals surface area contributed by atoms with Crippen molar-refractivity contribution < 1.29 is 14.2 Å². The van der Waals surface area contributed by atoms with Crippen molar-refractivity contribution in [2.45, 2.75) is 66.2 Å². The summed E-state index contributed by atoms with van der Waals surface area (Å²) in [5.74, 6) is 0.959. The fourth-order valence-corrected chi connectivity index (χ4v) is 2.25. The van der Waals surface area contributed by atoms with Crippen LogP contribution in [-0.4, -0.2) is 33.0 Å². The summed E-state index contributed by atoms with van der Waals surface area (Å²) in [4.78, 5) is 0. The van der Waals surface area contributed by atoms with Gasteiger partial charge in [0.1, 0.15) is 5.75 Å². The van der Waals surface area contributed by atoms with Crippen LogP contribution in [0.2, 0.25) is 0 Å². The summed E-state index contributed by atoms with van der Waals surface area (Å²) in [5.41, 5.74) is 1.80. The molecule has 0 unspecified atom stereocenters. The largest absolute Gasteiger partial charge is 0.494 e. The van der Waals surface area contributed by atoms with Crippen LogP contribution in [0, 0.1) is 5.41 Å². The fraction of sp³-hybridized carbons (Fsp3) is 0.727. The highest BCUT2D eigenvalue weighted by Crippen LogP contribution is 2.25. The molecule has 25 heavy (non-hydrogen) atoms. The summed E-state index contributed by atoms with van der Waals surface area (Å²) in [6, 6.07) is 8.40. The normalized spacial score (nSPS) is 12.4. The van der Waals surface area contributed by atoms with E-state index in [1.54, 1.807) is 0 Å². The van der Waals surface area contributed by atoms with Crippen LogP contribution in [0.15, 0.2) is 24.3 Å². The van der Waals surface area contributed by atoms with Crippen molar-refractivity contribution in [2.24, 2.45) is 5.41 Å². The molecule has 144 valence electrons. The predicted molar refractivity (Wildman–Crippen MR) is 106 cm³/mol. The molecule has 3 heteroatoms. The van der Waals surface area contributed by atoms with Crippen molar-refractivity contribution in [1.82, 2.24) is 0 Å². The molecular formula is C22H38O3. The van der Waals surface area contributed by atoms with Crippen molar-refractivity contribution in [3.05, 3.63) is 29.8 Å². The van der Waals surface area contributed by atoms with Gasteiger partial charge in [0.2, 0.25) is 0 Å². The molecule has 0 bridgehead atoms. The molecule has 1 aromatic rings. The zero-order valence-electron chi connectivity index (χ0n) is 17.2. The number of unbranched alkanes of at least 4 members (excludes halogenated alkanes) is 1. The van der Waals surface area contributed by atoms with Crippen molar-refractivity contribution >= 4 is 0 Å². The molecule has 0 atom stereocenters. The third kappa shape index (κ3) is 11.2. The van der Waals surface area contributed by atoms with Gasteiger partial charge in [-0.2, -0.15) is 0 Å². The van der Waals surface area contributed by atoms with Crippen LogP contribution in [0.3, 0.4) is 0 Å². The summed E-state index contributed by atoms with van der Waals surface area (Å²) in [7, 11) is 0. The molecule has 0 saturated heterocycles. The smallest absolute Gasteiger partial charge is 0.119 e. The van der Waals surface area contributed by atoms with Crippen molar-refractivity contribution in [3.63, 3.8) is 0 Å². The lowest BCUT2D eigenvalue weighted by molar-refractivity contribution is 0.0369. The summed E-state index contributed by atoms with van der Waals surface area (Å²) < 4.78 is 17.0. The van der Waals surface area contributed by atoms with E-state index in [4.69, 9.17) is 14.2 Å².